The molecule has 1 aromatic heterocycles. The van der Waals surface area contributed by atoms with Crippen molar-refractivity contribution in [2.45, 2.75) is 25.8 Å². The summed E-state index contributed by atoms with van der Waals surface area (Å²) in [6.07, 6.45) is 3.91. The highest BCUT2D eigenvalue weighted by atomic mass is 32.1. The number of nitrogens with zero attached hydrogens (tertiary/aromatic N) is 1. The number of hydrogen-bond acceptors (Lipinski definition) is 4. The molecule has 0 bridgehead atoms. The zero-order valence-corrected chi connectivity index (χ0v) is 8.81. The van der Waals surface area contributed by atoms with Crippen LogP contribution in [-0.2, 0) is 6.42 Å². The van der Waals surface area contributed by atoms with Crippen LogP contribution in [0.25, 0.3) is 0 Å². The van der Waals surface area contributed by atoms with Crippen LogP contribution in [0.5, 0.6) is 0 Å². The number of thiazole rings is 1. The number of hydrogen-bond donors (Lipinski definition) is 2. The third kappa shape index (κ3) is 4.98. The molecule has 0 spiro atoms. The third-order valence-electron chi connectivity index (χ3n) is 1.78. The normalized spacial score (nSPS) is 13.1. The smallest absolute Gasteiger partial charge is 0.0937 e. The van der Waals surface area contributed by atoms with Gasteiger partial charge in [-0.15, -0.1) is 11.3 Å². The molecule has 1 aromatic rings. The number of nitrogens with one attached hydrogen (secondary N) is 1. The molecule has 0 saturated carbocycles. The Balaban J connectivity index is 1.96. The van der Waals surface area contributed by atoms with Crippen molar-refractivity contribution in [1.29, 1.82) is 0 Å². The zero-order valence-electron chi connectivity index (χ0n) is 7.99. The first-order valence-corrected chi connectivity index (χ1v) is 5.51. The van der Waals surface area contributed by atoms with Crippen LogP contribution in [0, 0.1) is 0 Å². The van der Waals surface area contributed by atoms with Gasteiger partial charge < -0.3 is 11.1 Å². The van der Waals surface area contributed by atoms with Gasteiger partial charge in [-0.2, -0.15) is 0 Å². The molecule has 0 radical (unpaired) electrons. The summed E-state index contributed by atoms with van der Waals surface area (Å²) in [7, 11) is 0. The first-order chi connectivity index (χ1) is 6.29. The van der Waals surface area contributed by atoms with Gasteiger partial charge in [0.25, 0.3) is 0 Å². The minimum absolute atomic E-state index is 0.298. The highest BCUT2D eigenvalue weighted by Crippen LogP contribution is 2.03. The minimum atomic E-state index is 0.298. The molecule has 0 aliphatic rings. The van der Waals surface area contributed by atoms with Crippen LogP contribution in [0.2, 0.25) is 0 Å². The maximum atomic E-state index is 5.62. The van der Waals surface area contributed by atoms with Crippen LogP contribution >= 0.6 is 11.3 Å². The fraction of sp³-hybridized carbons (Fsp3) is 0.667. The maximum Gasteiger partial charge on any atom is 0.0937 e. The predicted molar refractivity (Wildman–Crippen MR) is 57.0 cm³/mol. The van der Waals surface area contributed by atoms with Crippen LogP contribution in [0.3, 0.4) is 0 Å². The first kappa shape index (κ1) is 10.6. The van der Waals surface area contributed by atoms with Crippen molar-refractivity contribution in [3.63, 3.8) is 0 Å². The van der Waals surface area contributed by atoms with E-state index in [0.29, 0.717) is 6.04 Å². The fourth-order valence-electron chi connectivity index (χ4n) is 1.03. The number of aromatic nitrogens is 1. The lowest BCUT2D eigenvalue weighted by Crippen LogP contribution is -2.25. The summed E-state index contributed by atoms with van der Waals surface area (Å²) < 4.78 is 0. The summed E-state index contributed by atoms with van der Waals surface area (Å²) in [4.78, 5) is 4.20. The molecule has 1 rings (SSSR count). The molecular formula is C9H17N3S. The maximum absolute atomic E-state index is 5.62. The molecule has 3 N–H and O–H groups in total. The molecule has 0 amide bonds. The first-order valence-electron chi connectivity index (χ1n) is 4.63. The molecular weight excluding hydrogens is 182 g/mol. The summed E-state index contributed by atoms with van der Waals surface area (Å²) in [5.41, 5.74) is 5.62. The second kappa shape index (κ2) is 6.07. The summed E-state index contributed by atoms with van der Waals surface area (Å²) in [5.74, 6) is 0. The number of nitrogens with two attached hydrogens (primary N) is 1. The van der Waals surface area contributed by atoms with E-state index in [1.54, 1.807) is 11.3 Å². The lowest BCUT2D eigenvalue weighted by Gasteiger charge is -2.05. The third-order valence-corrected chi connectivity index (χ3v) is 2.61. The van der Waals surface area contributed by atoms with Crippen LogP contribution in [0.1, 0.15) is 18.4 Å². The van der Waals surface area contributed by atoms with Crippen LogP contribution < -0.4 is 11.1 Å². The molecule has 0 aliphatic carbocycles. The lowest BCUT2D eigenvalue weighted by molar-refractivity contribution is 0.589. The second-order valence-electron chi connectivity index (χ2n) is 3.19. The van der Waals surface area contributed by atoms with Crippen LogP contribution in [0.15, 0.2) is 11.6 Å². The minimum Gasteiger partial charge on any atom is -0.328 e. The topological polar surface area (TPSA) is 50.9 Å². The summed E-state index contributed by atoms with van der Waals surface area (Å²) in [6.45, 7) is 4.03. The molecule has 1 atom stereocenters. The van der Waals surface area contributed by atoms with Gasteiger partial charge in [0.15, 0.2) is 0 Å². The molecule has 1 unspecified atom stereocenters. The van der Waals surface area contributed by atoms with E-state index in [9.17, 15) is 0 Å². The lowest BCUT2D eigenvalue weighted by atomic mass is 10.2. The predicted octanol–water partition coefficient (Wildman–Crippen LogP) is 1.01. The van der Waals surface area contributed by atoms with E-state index in [1.165, 1.54) is 5.01 Å². The molecule has 0 saturated heterocycles. The standard InChI is InChI=1S/C9H17N3S/c1-8(10)2-4-11-5-3-9-12-6-7-13-9/h6-8,11H,2-5,10H2,1H3. The largest absolute Gasteiger partial charge is 0.328 e. The van der Waals surface area contributed by atoms with Crippen molar-refractivity contribution in [2.75, 3.05) is 13.1 Å². The van der Waals surface area contributed by atoms with E-state index in [1.807, 2.05) is 18.5 Å². The van der Waals surface area contributed by atoms with E-state index >= 15 is 0 Å². The Bertz CT molecular complexity index is 209. The van der Waals surface area contributed by atoms with Crippen LogP contribution in [-0.4, -0.2) is 24.1 Å². The Kier molecular flexibility index (Phi) is 4.97. The van der Waals surface area contributed by atoms with E-state index in [2.05, 4.69) is 10.3 Å². The van der Waals surface area contributed by atoms with Gasteiger partial charge in [-0.05, 0) is 19.9 Å². The zero-order chi connectivity index (χ0) is 9.52. The van der Waals surface area contributed by atoms with E-state index < -0.39 is 0 Å². The molecule has 13 heavy (non-hydrogen) atoms. The Morgan fingerprint density at radius 2 is 2.46 bits per heavy atom. The molecule has 4 heteroatoms. The average molecular weight is 199 g/mol. The van der Waals surface area contributed by atoms with Crippen molar-refractivity contribution in [3.05, 3.63) is 16.6 Å². The van der Waals surface area contributed by atoms with E-state index in [-0.39, 0.29) is 0 Å². The Morgan fingerprint density at radius 3 is 3.08 bits per heavy atom. The Labute approximate surface area is 83.4 Å². The van der Waals surface area contributed by atoms with Gasteiger partial charge in [0, 0.05) is 30.6 Å². The van der Waals surface area contributed by atoms with Gasteiger partial charge in [0.2, 0.25) is 0 Å². The van der Waals surface area contributed by atoms with Gasteiger partial charge in [-0.3, -0.25) is 0 Å². The fourth-order valence-corrected chi connectivity index (χ4v) is 1.65. The SMILES string of the molecule is CC(N)CCNCCc1nccs1. The highest BCUT2D eigenvalue weighted by Gasteiger charge is 1.95. The van der Waals surface area contributed by atoms with Crippen molar-refractivity contribution in [1.82, 2.24) is 10.3 Å². The molecule has 0 fully saturated rings. The monoisotopic (exact) mass is 199 g/mol. The molecule has 1 heterocycles. The van der Waals surface area contributed by atoms with Crippen molar-refractivity contribution in [2.24, 2.45) is 5.73 Å². The molecule has 0 aliphatic heterocycles. The van der Waals surface area contributed by atoms with Gasteiger partial charge in [-0.25, -0.2) is 4.98 Å². The van der Waals surface area contributed by atoms with Crippen molar-refractivity contribution < 1.29 is 0 Å². The van der Waals surface area contributed by atoms with Crippen molar-refractivity contribution in [3.8, 4) is 0 Å². The molecule has 0 aromatic carbocycles. The van der Waals surface area contributed by atoms with Crippen LogP contribution in [0.4, 0.5) is 0 Å². The van der Waals surface area contributed by atoms with Crippen molar-refractivity contribution >= 4 is 11.3 Å². The Morgan fingerprint density at radius 1 is 1.62 bits per heavy atom. The molecule has 3 nitrogen and oxygen atoms in total. The highest BCUT2D eigenvalue weighted by molar-refractivity contribution is 7.09. The van der Waals surface area contributed by atoms with E-state index in [4.69, 9.17) is 5.73 Å². The summed E-state index contributed by atoms with van der Waals surface area (Å²) >= 11 is 1.71. The quantitative estimate of drug-likeness (QED) is 0.672. The Hall–Kier alpha value is -0.450. The summed E-state index contributed by atoms with van der Waals surface area (Å²) in [5, 5.41) is 6.55. The van der Waals surface area contributed by atoms with E-state index in [0.717, 1.165) is 25.9 Å². The molecule has 74 valence electrons. The number of rotatable bonds is 6. The van der Waals surface area contributed by atoms with Gasteiger partial charge >= 0.3 is 0 Å². The van der Waals surface area contributed by atoms with Gasteiger partial charge in [0.1, 0.15) is 0 Å². The average Bonchev–Trinajstić information content (AvgIpc) is 2.55. The van der Waals surface area contributed by atoms with Gasteiger partial charge in [-0.1, -0.05) is 0 Å². The second-order valence-corrected chi connectivity index (χ2v) is 4.17. The summed E-state index contributed by atoms with van der Waals surface area (Å²) in [6, 6.07) is 0.298. The van der Waals surface area contributed by atoms with Gasteiger partial charge in [0.05, 0.1) is 5.01 Å².